The molecule has 2 rings (SSSR count). The van der Waals surface area contributed by atoms with E-state index in [1.54, 1.807) is 0 Å². The maximum Gasteiger partial charge on any atom is 0.156 e. The van der Waals surface area contributed by atoms with E-state index in [-0.39, 0.29) is 11.8 Å². The van der Waals surface area contributed by atoms with E-state index >= 15 is 0 Å². The number of halogens is 3. The monoisotopic (exact) mass is 286 g/mol. The lowest BCUT2D eigenvalue weighted by Crippen LogP contribution is -1.99. The Morgan fingerprint density at radius 1 is 1.22 bits per heavy atom. The Labute approximate surface area is 114 Å². The molecule has 0 aliphatic carbocycles. The molecule has 2 aromatic rings. The van der Waals surface area contributed by atoms with Crippen LogP contribution in [0.1, 0.15) is 5.82 Å². The summed E-state index contributed by atoms with van der Waals surface area (Å²) in [6, 6.07) is 5.59. The molecule has 1 aromatic carbocycles. The molecule has 0 aliphatic heterocycles. The molecule has 18 heavy (non-hydrogen) atoms. The molecule has 0 N–H and O–H groups in total. The lowest BCUT2D eigenvalue weighted by atomic mass is 10.1. The maximum atomic E-state index is 13.2. The smallest absolute Gasteiger partial charge is 0.156 e. The number of benzene rings is 1. The van der Waals surface area contributed by atoms with E-state index in [0.29, 0.717) is 22.1 Å². The molecule has 0 spiro atoms. The standard InChI is InChI=1S/C12H9Cl2FN2O/c1-18-6-12-16-10(5-11(14)17-12)8-4-7(15)2-3-9(8)13/h2-5H,6H2,1H3. The topological polar surface area (TPSA) is 35.0 Å². The van der Waals surface area contributed by atoms with Gasteiger partial charge >= 0.3 is 0 Å². The molecule has 0 amide bonds. The van der Waals surface area contributed by atoms with Crippen molar-refractivity contribution >= 4 is 23.2 Å². The van der Waals surface area contributed by atoms with Crippen molar-refractivity contribution in [3.8, 4) is 11.3 Å². The minimum absolute atomic E-state index is 0.223. The lowest BCUT2D eigenvalue weighted by Gasteiger charge is -2.06. The zero-order chi connectivity index (χ0) is 13.1. The Bertz CT molecular complexity index is 578. The number of hydrogen-bond acceptors (Lipinski definition) is 3. The van der Waals surface area contributed by atoms with Gasteiger partial charge < -0.3 is 4.74 Å². The number of aromatic nitrogens is 2. The van der Waals surface area contributed by atoms with Gasteiger partial charge in [-0.05, 0) is 18.2 Å². The van der Waals surface area contributed by atoms with Crippen molar-refractivity contribution in [2.75, 3.05) is 7.11 Å². The quantitative estimate of drug-likeness (QED) is 0.807. The van der Waals surface area contributed by atoms with Crippen LogP contribution in [-0.4, -0.2) is 17.1 Å². The van der Waals surface area contributed by atoms with E-state index in [0.717, 1.165) is 0 Å². The molecule has 6 heteroatoms. The van der Waals surface area contributed by atoms with E-state index in [1.165, 1.54) is 31.4 Å². The summed E-state index contributed by atoms with van der Waals surface area (Å²) in [5, 5.41) is 0.655. The van der Waals surface area contributed by atoms with Gasteiger partial charge in [-0.1, -0.05) is 23.2 Å². The summed E-state index contributed by atoms with van der Waals surface area (Å²) in [5.74, 6) is 0.0257. The molecular weight excluding hydrogens is 278 g/mol. The van der Waals surface area contributed by atoms with Crippen molar-refractivity contribution in [1.29, 1.82) is 0 Å². The Hall–Kier alpha value is -1.23. The summed E-state index contributed by atoms with van der Waals surface area (Å²) in [7, 11) is 1.53. The highest BCUT2D eigenvalue weighted by molar-refractivity contribution is 6.33. The van der Waals surface area contributed by atoms with Crippen molar-refractivity contribution in [2.45, 2.75) is 6.61 Å². The molecule has 0 bridgehead atoms. The van der Waals surface area contributed by atoms with Gasteiger partial charge in [-0.3, -0.25) is 0 Å². The Morgan fingerprint density at radius 2 is 2.00 bits per heavy atom. The fourth-order valence-corrected chi connectivity index (χ4v) is 1.91. The maximum absolute atomic E-state index is 13.2. The molecule has 0 atom stereocenters. The van der Waals surface area contributed by atoms with Crippen LogP contribution >= 0.6 is 23.2 Å². The van der Waals surface area contributed by atoms with E-state index < -0.39 is 5.82 Å². The fraction of sp³-hybridized carbons (Fsp3) is 0.167. The van der Waals surface area contributed by atoms with Crippen LogP contribution in [0, 0.1) is 5.82 Å². The van der Waals surface area contributed by atoms with Crippen LogP contribution in [-0.2, 0) is 11.3 Å². The van der Waals surface area contributed by atoms with Gasteiger partial charge in [0.2, 0.25) is 0 Å². The Kier molecular flexibility index (Phi) is 4.11. The van der Waals surface area contributed by atoms with Crippen molar-refractivity contribution < 1.29 is 9.13 Å². The molecule has 3 nitrogen and oxygen atoms in total. The zero-order valence-corrected chi connectivity index (χ0v) is 11.0. The first-order chi connectivity index (χ1) is 8.60. The third-order valence-corrected chi connectivity index (χ3v) is 2.74. The van der Waals surface area contributed by atoms with E-state index in [4.69, 9.17) is 27.9 Å². The van der Waals surface area contributed by atoms with E-state index in [2.05, 4.69) is 9.97 Å². The molecule has 0 aliphatic rings. The number of nitrogens with zero attached hydrogens (tertiary/aromatic N) is 2. The summed E-state index contributed by atoms with van der Waals surface area (Å²) in [6.45, 7) is 0.223. The SMILES string of the molecule is COCc1nc(Cl)cc(-c2cc(F)ccc2Cl)n1. The average Bonchev–Trinajstić information content (AvgIpc) is 2.32. The molecule has 94 valence electrons. The third-order valence-electron chi connectivity index (χ3n) is 2.22. The first-order valence-corrected chi connectivity index (χ1v) is 5.83. The molecule has 0 radical (unpaired) electrons. The highest BCUT2D eigenvalue weighted by atomic mass is 35.5. The van der Waals surface area contributed by atoms with E-state index in [9.17, 15) is 4.39 Å². The van der Waals surface area contributed by atoms with Crippen LogP contribution in [0.3, 0.4) is 0 Å². The number of methoxy groups -OCH3 is 1. The summed E-state index contributed by atoms with van der Waals surface area (Å²) in [4.78, 5) is 8.22. The third kappa shape index (κ3) is 2.96. The molecule has 1 heterocycles. The number of ether oxygens (including phenoxy) is 1. The lowest BCUT2D eigenvalue weighted by molar-refractivity contribution is 0.178. The highest BCUT2D eigenvalue weighted by Gasteiger charge is 2.10. The zero-order valence-electron chi connectivity index (χ0n) is 9.45. The first kappa shape index (κ1) is 13.2. The molecule has 0 fully saturated rings. The second kappa shape index (κ2) is 5.61. The minimum Gasteiger partial charge on any atom is -0.377 e. The molecule has 0 saturated heterocycles. The predicted molar refractivity (Wildman–Crippen MR) is 68.2 cm³/mol. The minimum atomic E-state index is -0.391. The summed E-state index contributed by atoms with van der Waals surface area (Å²) in [5.41, 5.74) is 0.935. The Balaban J connectivity index is 2.52. The van der Waals surface area contributed by atoms with Crippen LogP contribution in [0.15, 0.2) is 24.3 Å². The fourth-order valence-electron chi connectivity index (χ4n) is 1.49. The predicted octanol–water partition coefficient (Wildman–Crippen LogP) is 3.74. The van der Waals surface area contributed by atoms with Gasteiger partial charge in [-0.25, -0.2) is 14.4 Å². The van der Waals surface area contributed by atoms with Crippen molar-refractivity contribution in [1.82, 2.24) is 9.97 Å². The van der Waals surface area contributed by atoms with Crippen molar-refractivity contribution in [3.63, 3.8) is 0 Å². The summed E-state index contributed by atoms with van der Waals surface area (Å²) >= 11 is 11.9. The van der Waals surface area contributed by atoms with Crippen LogP contribution in [0.2, 0.25) is 10.2 Å². The van der Waals surface area contributed by atoms with Crippen LogP contribution in [0.25, 0.3) is 11.3 Å². The number of hydrogen-bond donors (Lipinski definition) is 0. The van der Waals surface area contributed by atoms with Gasteiger partial charge in [0.25, 0.3) is 0 Å². The first-order valence-electron chi connectivity index (χ1n) is 5.08. The summed E-state index contributed by atoms with van der Waals surface area (Å²) in [6.07, 6.45) is 0. The molecular formula is C12H9Cl2FN2O. The molecule has 1 aromatic heterocycles. The average molecular weight is 287 g/mol. The van der Waals surface area contributed by atoms with Gasteiger partial charge in [0.15, 0.2) is 5.82 Å². The molecule has 0 unspecified atom stereocenters. The van der Waals surface area contributed by atoms with Crippen molar-refractivity contribution in [3.05, 3.63) is 46.1 Å². The van der Waals surface area contributed by atoms with Gasteiger partial charge in [0, 0.05) is 18.7 Å². The van der Waals surface area contributed by atoms with Gasteiger partial charge in [-0.2, -0.15) is 0 Å². The second-order valence-corrected chi connectivity index (χ2v) is 4.34. The molecule has 0 saturated carbocycles. The highest BCUT2D eigenvalue weighted by Crippen LogP contribution is 2.28. The Morgan fingerprint density at radius 3 is 2.72 bits per heavy atom. The van der Waals surface area contributed by atoms with Gasteiger partial charge in [-0.15, -0.1) is 0 Å². The van der Waals surface area contributed by atoms with E-state index in [1.807, 2.05) is 0 Å². The summed E-state index contributed by atoms with van der Waals surface area (Å²) < 4.78 is 18.2. The van der Waals surface area contributed by atoms with Crippen molar-refractivity contribution in [2.24, 2.45) is 0 Å². The van der Waals surface area contributed by atoms with Gasteiger partial charge in [0.05, 0.1) is 10.7 Å². The van der Waals surface area contributed by atoms with Crippen LogP contribution in [0.4, 0.5) is 4.39 Å². The normalized spacial score (nSPS) is 10.7. The largest absolute Gasteiger partial charge is 0.377 e. The van der Waals surface area contributed by atoms with Crippen LogP contribution in [0.5, 0.6) is 0 Å². The second-order valence-electron chi connectivity index (χ2n) is 3.55. The van der Waals surface area contributed by atoms with Gasteiger partial charge in [0.1, 0.15) is 17.6 Å². The van der Waals surface area contributed by atoms with Crippen LogP contribution < -0.4 is 0 Å². The number of rotatable bonds is 3.